The van der Waals surface area contributed by atoms with Crippen molar-refractivity contribution in [1.29, 1.82) is 0 Å². The van der Waals surface area contributed by atoms with Crippen LogP contribution in [0.4, 0.5) is 4.39 Å². The third-order valence-electron chi connectivity index (χ3n) is 2.93. The van der Waals surface area contributed by atoms with Crippen molar-refractivity contribution in [2.45, 2.75) is 6.92 Å². The number of nitrogens with zero attached hydrogens (tertiary/aromatic N) is 2. The first-order valence-electron chi connectivity index (χ1n) is 6.48. The zero-order chi connectivity index (χ0) is 15.7. The third kappa shape index (κ3) is 2.80. The molecule has 0 atom stereocenters. The quantitative estimate of drug-likeness (QED) is 0.527. The molecule has 7 heteroatoms. The molecule has 0 bridgehead atoms. The number of benzene rings is 1. The van der Waals surface area contributed by atoms with Crippen molar-refractivity contribution in [3.8, 4) is 10.4 Å². The summed E-state index contributed by atoms with van der Waals surface area (Å²) in [6.45, 7) is 1.94. The molecule has 0 aliphatic rings. The van der Waals surface area contributed by atoms with Crippen LogP contribution in [0.2, 0.25) is 5.15 Å². The summed E-state index contributed by atoms with van der Waals surface area (Å²) in [5.74, 6) is -0.970. The van der Waals surface area contributed by atoms with Gasteiger partial charge in [-0.1, -0.05) is 23.7 Å². The highest BCUT2D eigenvalue weighted by Crippen LogP contribution is 2.35. The number of hydrogen-bond donors (Lipinski definition) is 0. The molecular weight excluding hydrogens is 327 g/mol. The molecule has 0 aliphatic carbocycles. The fourth-order valence-corrected chi connectivity index (χ4v) is 3.25. The highest BCUT2D eigenvalue weighted by atomic mass is 35.5. The second-order valence-corrected chi connectivity index (χ2v) is 5.78. The van der Waals surface area contributed by atoms with E-state index in [1.54, 1.807) is 19.1 Å². The molecule has 0 aliphatic heterocycles. The second-order valence-electron chi connectivity index (χ2n) is 4.39. The fraction of sp³-hybridized carbons (Fsp3) is 0.133. The summed E-state index contributed by atoms with van der Waals surface area (Å²) in [5, 5.41) is 0.844. The van der Waals surface area contributed by atoms with Crippen LogP contribution in [0.1, 0.15) is 17.5 Å². The van der Waals surface area contributed by atoms with Gasteiger partial charge in [0.2, 0.25) is 5.82 Å². The standard InChI is InChI=1S/C15H10ClFN2O2S/c1-2-21-15(20)13-18-12(16)10-7-11(22-14(10)19-13)8-3-5-9(17)6-4-8/h3-7H,2H2,1H3. The number of carbonyl (C=O) groups excluding carboxylic acids is 1. The summed E-state index contributed by atoms with van der Waals surface area (Å²) in [5.41, 5.74) is 0.846. The molecule has 0 N–H and O–H groups in total. The van der Waals surface area contributed by atoms with Crippen LogP contribution in [-0.4, -0.2) is 22.5 Å². The molecule has 1 aromatic carbocycles. The lowest BCUT2D eigenvalue weighted by atomic mass is 10.2. The van der Waals surface area contributed by atoms with Crippen molar-refractivity contribution in [1.82, 2.24) is 9.97 Å². The molecule has 0 fully saturated rings. The number of ether oxygens (including phenoxy) is 1. The zero-order valence-corrected chi connectivity index (χ0v) is 13.0. The molecule has 0 radical (unpaired) electrons. The Labute approximate surface area is 134 Å². The normalized spacial score (nSPS) is 10.9. The number of esters is 1. The maximum Gasteiger partial charge on any atom is 0.376 e. The van der Waals surface area contributed by atoms with Crippen LogP contribution in [0, 0.1) is 5.82 Å². The first kappa shape index (κ1) is 14.9. The highest BCUT2D eigenvalue weighted by Gasteiger charge is 2.16. The summed E-state index contributed by atoms with van der Waals surface area (Å²) < 4.78 is 17.9. The molecule has 0 spiro atoms. The van der Waals surface area contributed by atoms with E-state index in [2.05, 4.69) is 9.97 Å². The van der Waals surface area contributed by atoms with Gasteiger partial charge in [0, 0.05) is 10.3 Å². The highest BCUT2D eigenvalue weighted by molar-refractivity contribution is 7.21. The Hall–Kier alpha value is -2.05. The lowest BCUT2D eigenvalue weighted by molar-refractivity contribution is 0.0512. The van der Waals surface area contributed by atoms with Crippen molar-refractivity contribution >= 4 is 39.1 Å². The number of carbonyl (C=O) groups is 1. The van der Waals surface area contributed by atoms with Gasteiger partial charge in [-0.15, -0.1) is 11.3 Å². The average molecular weight is 337 g/mol. The van der Waals surface area contributed by atoms with Gasteiger partial charge in [0.05, 0.1) is 6.61 Å². The van der Waals surface area contributed by atoms with E-state index in [0.717, 1.165) is 10.4 Å². The third-order valence-corrected chi connectivity index (χ3v) is 4.30. The van der Waals surface area contributed by atoms with Crippen molar-refractivity contribution < 1.29 is 13.9 Å². The number of halogens is 2. The van der Waals surface area contributed by atoms with Crippen LogP contribution in [0.5, 0.6) is 0 Å². The molecule has 3 aromatic rings. The first-order chi connectivity index (χ1) is 10.6. The predicted molar refractivity (Wildman–Crippen MR) is 83.8 cm³/mol. The van der Waals surface area contributed by atoms with Gasteiger partial charge in [-0.3, -0.25) is 0 Å². The van der Waals surface area contributed by atoms with Crippen molar-refractivity contribution in [2.24, 2.45) is 0 Å². The lowest BCUT2D eigenvalue weighted by Gasteiger charge is -2.00. The smallest absolute Gasteiger partial charge is 0.376 e. The Morgan fingerprint density at radius 1 is 1.32 bits per heavy atom. The minimum Gasteiger partial charge on any atom is -0.460 e. The second kappa shape index (κ2) is 5.98. The van der Waals surface area contributed by atoms with Crippen molar-refractivity contribution in [3.63, 3.8) is 0 Å². The van der Waals surface area contributed by atoms with Gasteiger partial charge in [-0.05, 0) is 30.7 Å². The van der Waals surface area contributed by atoms with Crippen LogP contribution >= 0.6 is 22.9 Å². The van der Waals surface area contributed by atoms with E-state index in [1.165, 1.54) is 23.5 Å². The summed E-state index contributed by atoms with van der Waals surface area (Å²) in [7, 11) is 0. The molecule has 0 saturated carbocycles. The van der Waals surface area contributed by atoms with E-state index in [9.17, 15) is 9.18 Å². The maximum absolute atomic E-state index is 13.0. The number of thiophene rings is 1. The van der Waals surface area contributed by atoms with Gasteiger partial charge in [0.15, 0.2) is 0 Å². The van der Waals surface area contributed by atoms with E-state index < -0.39 is 5.97 Å². The summed E-state index contributed by atoms with van der Waals surface area (Å²) >= 11 is 7.47. The Bertz CT molecular complexity index is 849. The first-order valence-corrected chi connectivity index (χ1v) is 7.68. The summed E-state index contributed by atoms with van der Waals surface area (Å²) in [4.78, 5) is 21.3. The van der Waals surface area contributed by atoms with Crippen LogP contribution < -0.4 is 0 Å². The number of fused-ring (bicyclic) bond motifs is 1. The largest absolute Gasteiger partial charge is 0.460 e. The van der Waals surface area contributed by atoms with Crippen molar-refractivity contribution in [3.05, 3.63) is 47.1 Å². The Morgan fingerprint density at radius 3 is 2.73 bits per heavy atom. The van der Waals surface area contributed by atoms with E-state index in [1.807, 2.05) is 6.07 Å². The maximum atomic E-state index is 13.0. The molecule has 0 saturated heterocycles. The molecule has 0 unspecified atom stereocenters. The Kier molecular flexibility index (Phi) is 4.04. The Morgan fingerprint density at radius 2 is 2.05 bits per heavy atom. The number of aromatic nitrogens is 2. The van der Waals surface area contributed by atoms with Crippen molar-refractivity contribution in [2.75, 3.05) is 6.61 Å². The van der Waals surface area contributed by atoms with E-state index in [4.69, 9.17) is 16.3 Å². The van der Waals surface area contributed by atoms with Gasteiger partial charge in [-0.2, -0.15) is 0 Å². The number of rotatable bonds is 3. The fourth-order valence-electron chi connectivity index (χ4n) is 1.93. The molecule has 112 valence electrons. The van der Waals surface area contributed by atoms with E-state index in [0.29, 0.717) is 10.2 Å². The topological polar surface area (TPSA) is 52.1 Å². The van der Waals surface area contributed by atoms with Gasteiger partial charge >= 0.3 is 5.97 Å². The summed E-state index contributed by atoms with van der Waals surface area (Å²) in [6, 6.07) is 7.94. The van der Waals surface area contributed by atoms with Gasteiger partial charge in [0.25, 0.3) is 0 Å². The van der Waals surface area contributed by atoms with Crippen LogP contribution in [-0.2, 0) is 4.74 Å². The zero-order valence-electron chi connectivity index (χ0n) is 11.5. The van der Waals surface area contributed by atoms with Gasteiger partial charge in [-0.25, -0.2) is 19.2 Å². The molecule has 22 heavy (non-hydrogen) atoms. The van der Waals surface area contributed by atoms with E-state index in [-0.39, 0.29) is 23.4 Å². The SMILES string of the molecule is CCOC(=O)c1nc(Cl)c2cc(-c3ccc(F)cc3)sc2n1. The molecular formula is C15H10ClFN2O2S. The number of hydrogen-bond acceptors (Lipinski definition) is 5. The molecule has 2 aromatic heterocycles. The van der Waals surface area contributed by atoms with Crippen LogP contribution in [0.3, 0.4) is 0 Å². The lowest BCUT2D eigenvalue weighted by Crippen LogP contribution is -2.09. The molecule has 4 nitrogen and oxygen atoms in total. The van der Waals surface area contributed by atoms with Gasteiger partial charge < -0.3 is 4.74 Å². The minimum atomic E-state index is -0.608. The van der Waals surface area contributed by atoms with Gasteiger partial charge in [0.1, 0.15) is 15.8 Å². The molecule has 3 rings (SSSR count). The molecule has 0 amide bonds. The minimum absolute atomic E-state index is 0.0631. The Balaban J connectivity index is 2.07. The van der Waals surface area contributed by atoms with E-state index >= 15 is 0 Å². The summed E-state index contributed by atoms with van der Waals surface area (Å²) in [6.07, 6.45) is 0. The average Bonchev–Trinajstić information content (AvgIpc) is 2.93. The van der Waals surface area contributed by atoms with Crippen LogP contribution in [0.15, 0.2) is 30.3 Å². The van der Waals surface area contributed by atoms with Crippen LogP contribution in [0.25, 0.3) is 20.7 Å². The molecule has 2 heterocycles. The predicted octanol–water partition coefficient (Wildman–Crippen LogP) is 4.33. The monoisotopic (exact) mass is 336 g/mol.